The molecule has 0 aliphatic heterocycles. The molecule has 0 aromatic heterocycles. The lowest BCUT2D eigenvalue weighted by molar-refractivity contribution is -0.120. The first-order valence-electron chi connectivity index (χ1n) is 10.9. The zero-order chi connectivity index (χ0) is 20.6. The van der Waals surface area contributed by atoms with Gasteiger partial charge in [0.1, 0.15) is 11.6 Å². The van der Waals surface area contributed by atoms with E-state index in [0.717, 1.165) is 38.0 Å². The highest BCUT2D eigenvalue weighted by Gasteiger charge is 2.23. The van der Waals surface area contributed by atoms with Gasteiger partial charge in [-0.15, -0.1) is 0 Å². The third-order valence-corrected chi connectivity index (χ3v) is 5.64. The van der Waals surface area contributed by atoms with Crippen LogP contribution in [0.15, 0.2) is 18.2 Å². The Bertz CT molecular complexity index is 656. The minimum atomic E-state index is -0.266. The van der Waals surface area contributed by atoms with Crippen molar-refractivity contribution in [1.29, 1.82) is 0 Å². The Morgan fingerprint density at radius 3 is 2.45 bits per heavy atom. The van der Waals surface area contributed by atoms with Crippen LogP contribution in [0.1, 0.15) is 64.4 Å². The first-order chi connectivity index (χ1) is 14.0. The van der Waals surface area contributed by atoms with Gasteiger partial charge in [-0.2, -0.15) is 0 Å². The summed E-state index contributed by atoms with van der Waals surface area (Å²) in [4.78, 5) is 11.0. The third-order valence-electron chi connectivity index (χ3n) is 5.64. The van der Waals surface area contributed by atoms with Crippen molar-refractivity contribution in [2.75, 3.05) is 13.2 Å². The van der Waals surface area contributed by atoms with Gasteiger partial charge in [0.25, 0.3) is 0 Å². The summed E-state index contributed by atoms with van der Waals surface area (Å²) < 4.78 is 31.8. The van der Waals surface area contributed by atoms with Crippen molar-refractivity contribution in [2.24, 2.45) is 5.92 Å². The third kappa shape index (κ3) is 7.94. The van der Waals surface area contributed by atoms with E-state index in [9.17, 15) is 9.18 Å². The van der Waals surface area contributed by atoms with Gasteiger partial charge in [0.05, 0.1) is 32.0 Å². The molecule has 1 N–H and O–H groups in total. The molecule has 2 aliphatic carbocycles. The monoisotopic (exact) mass is 407 g/mol. The van der Waals surface area contributed by atoms with Crippen LogP contribution in [0.5, 0.6) is 5.75 Å². The van der Waals surface area contributed by atoms with Gasteiger partial charge < -0.3 is 19.5 Å². The summed E-state index contributed by atoms with van der Waals surface area (Å²) in [6, 6.07) is 5.08. The highest BCUT2D eigenvalue weighted by Crippen LogP contribution is 2.32. The van der Waals surface area contributed by atoms with Crippen LogP contribution in [0.2, 0.25) is 0 Å². The smallest absolute Gasteiger partial charge is 0.217 e. The molecule has 0 spiro atoms. The van der Waals surface area contributed by atoms with Crippen LogP contribution in [0.4, 0.5) is 4.39 Å². The minimum absolute atomic E-state index is 0.0186. The lowest BCUT2D eigenvalue weighted by Gasteiger charge is -2.29. The van der Waals surface area contributed by atoms with Gasteiger partial charge in [0, 0.05) is 24.6 Å². The van der Waals surface area contributed by atoms with Crippen LogP contribution in [0, 0.1) is 11.7 Å². The zero-order valence-electron chi connectivity index (χ0n) is 17.6. The first kappa shape index (κ1) is 22.0. The summed E-state index contributed by atoms with van der Waals surface area (Å²) in [7, 11) is 0. The second-order valence-electron chi connectivity index (χ2n) is 8.48. The average molecular weight is 408 g/mol. The Morgan fingerprint density at radius 1 is 1.14 bits per heavy atom. The molecule has 5 nitrogen and oxygen atoms in total. The van der Waals surface area contributed by atoms with Crippen LogP contribution in [0.3, 0.4) is 0 Å². The highest BCUT2D eigenvalue weighted by atomic mass is 19.1. The van der Waals surface area contributed by atoms with Gasteiger partial charge in [-0.25, -0.2) is 4.39 Å². The second kappa shape index (κ2) is 10.9. The molecule has 1 aromatic carbocycles. The molecule has 29 heavy (non-hydrogen) atoms. The van der Waals surface area contributed by atoms with E-state index in [-0.39, 0.29) is 36.6 Å². The average Bonchev–Trinajstić information content (AvgIpc) is 3.50. The summed E-state index contributed by atoms with van der Waals surface area (Å²) in [6.45, 7) is 4.92. The van der Waals surface area contributed by atoms with Crippen LogP contribution in [0.25, 0.3) is 0 Å². The number of nitrogens with one attached hydrogen (secondary N) is 1. The minimum Gasteiger partial charge on any atom is -0.493 e. The molecule has 2 fully saturated rings. The molecule has 0 radical (unpaired) electrons. The van der Waals surface area contributed by atoms with Crippen molar-refractivity contribution in [2.45, 2.75) is 83.6 Å². The number of benzene rings is 1. The Kier molecular flexibility index (Phi) is 8.30. The Labute approximate surface area is 173 Å². The molecule has 1 aromatic rings. The maximum atomic E-state index is 14.3. The summed E-state index contributed by atoms with van der Waals surface area (Å²) in [6.07, 6.45) is 7.67. The molecule has 1 atom stereocenters. The molecular formula is C23H34FNO4. The van der Waals surface area contributed by atoms with Crippen LogP contribution in [-0.2, 0) is 20.9 Å². The number of carbonyl (C=O) groups is 1. The molecule has 0 heterocycles. The van der Waals surface area contributed by atoms with Gasteiger partial charge in [-0.3, -0.25) is 4.79 Å². The van der Waals surface area contributed by atoms with Gasteiger partial charge in [-0.1, -0.05) is 18.9 Å². The van der Waals surface area contributed by atoms with Crippen molar-refractivity contribution in [1.82, 2.24) is 5.32 Å². The number of amides is 1. The normalized spacial score (nSPS) is 22.9. The van der Waals surface area contributed by atoms with E-state index in [4.69, 9.17) is 14.2 Å². The predicted molar refractivity (Wildman–Crippen MR) is 109 cm³/mol. The summed E-state index contributed by atoms with van der Waals surface area (Å²) >= 11 is 0. The van der Waals surface area contributed by atoms with Crippen molar-refractivity contribution in [3.05, 3.63) is 29.6 Å². The van der Waals surface area contributed by atoms with E-state index in [0.29, 0.717) is 24.5 Å². The quantitative estimate of drug-likeness (QED) is 0.592. The van der Waals surface area contributed by atoms with Crippen molar-refractivity contribution in [3.8, 4) is 5.75 Å². The summed E-state index contributed by atoms with van der Waals surface area (Å²) in [5.74, 6) is 1.10. The summed E-state index contributed by atoms with van der Waals surface area (Å²) in [5, 5.41) is 2.82. The molecule has 2 saturated carbocycles. The fourth-order valence-corrected chi connectivity index (χ4v) is 3.73. The van der Waals surface area contributed by atoms with E-state index < -0.39 is 0 Å². The Hall–Kier alpha value is -1.66. The van der Waals surface area contributed by atoms with Gasteiger partial charge in [0.15, 0.2) is 0 Å². The topological polar surface area (TPSA) is 56.8 Å². The van der Waals surface area contributed by atoms with Crippen LogP contribution in [-0.4, -0.2) is 37.4 Å². The fraction of sp³-hybridized carbons (Fsp3) is 0.696. The maximum absolute atomic E-state index is 14.3. The standard InChI is InChI=1S/C23H34FNO4/c1-16(25-17(2)26)14-28-20-7-9-21(10-8-20)29-15-19-5-6-22(13-23(19)24)27-12-11-18-3-4-18/h5-6,13,16,18,20-21H,3-4,7-12,14-15H2,1-2H3,(H,25,26)/t16-,20?,21?/m0/s1. The number of rotatable bonds is 11. The number of halogens is 1. The van der Waals surface area contributed by atoms with E-state index in [2.05, 4.69) is 5.32 Å². The van der Waals surface area contributed by atoms with Gasteiger partial charge in [0.2, 0.25) is 5.91 Å². The van der Waals surface area contributed by atoms with E-state index in [1.54, 1.807) is 6.07 Å². The zero-order valence-corrected chi connectivity index (χ0v) is 17.6. The second-order valence-corrected chi connectivity index (χ2v) is 8.48. The van der Waals surface area contributed by atoms with Crippen LogP contribution < -0.4 is 10.1 Å². The number of ether oxygens (including phenoxy) is 3. The fourth-order valence-electron chi connectivity index (χ4n) is 3.73. The molecule has 1 amide bonds. The van der Waals surface area contributed by atoms with Gasteiger partial charge in [-0.05, 0) is 51.0 Å². The van der Waals surface area contributed by atoms with Crippen molar-refractivity contribution >= 4 is 5.91 Å². The Morgan fingerprint density at radius 2 is 1.83 bits per heavy atom. The van der Waals surface area contributed by atoms with Crippen molar-refractivity contribution in [3.63, 3.8) is 0 Å². The number of hydrogen-bond donors (Lipinski definition) is 1. The molecule has 3 rings (SSSR count). The lowest BCUT2D eigenvalue weighted by atomic mass is 9.95. The molecule has 6 heteroatoms. The molecule has 2 aliphatic rings. The molecule has 0 saturated heterocycles. The molecule has 0 unspecified atom stereocenters. The summed E-state index contributed by atoms with van der Waals surface area (Å²) in [5.41, 5.74) is 0.571. The molecular weight excluding hydrogens is 373 g/mol. The predicted octanol–water partition coefficient (Wildman–Crippen LogP) is 4.37. The number of hydrogen-bond acceptors (Lipinski definition) is 4. The highest BCUT2D eigenvalue weighted by molar-refractivity contribution is 5.73. The molecule has 162 valence electrons. The largest absolute Gasteiger partial charge is 0.493 e. The Balaban J connectivity index is 1.32. The lowest BCUT2D eigenvalue weighted by Crippen LogP contribution is -2.36. The SMILES string of the molecule is CC(=O)N[C@@H](C)COC1CCC(OCc2ccc(OCCC3CC3)cc2F)CC1. The van der Waals surface area contributed by atoms with Crippen molar-refractivity contribution < 1.29 is 23.4 Å². The van der Waals surface area contributed by atoms with Gasteiger partial charge >= 0.3 is 0 Å². The maximum Gasteiger partial charge on any atom is 0.217 e. The first-order valence-corrected chi connectivity index (χ1v) is 10.9. The van der Waals surface area contributed by atoms with E-state index in [1.807, 2.05) is 13.0 Å². The van der Waals surface area contributed by atoms with E-state index >= 15 is 0 Å². The van der Waals surface area contributed by atoms with E-state index in [1.165, 1.54) is 25.8 Å². The molecule has 0 bridgehead atoms. The van der Waals surface area contributed by atoms with Crippen LogP contribution >= 0.6 is 0 Å². The number of carbonyl (C=O) groups excluding carboxylic acids is 1.